The largest absolute Gasteiger partial charge is 0.379 e. The first-order valence-electron chi connectivity index (χ1n) is 11.1. The second-order valence-corrected chi connectivity index (χ2v) is 7.58. The maximum absolute atomic E-state index is 5.40. The zero-order valence-corrected chi connectivity index (χ0v) is 18.4. The van der Waals surface area contributed by atoms with Gasteiger partial charge in [-0.25, -0.2) is 4.98 Å². The third-order valence-corrected chi connectivity index (χ3v) is 5.19. The number of nitrogens with zero attached hydrogens (tertiary/aromatic N) is 8. The minimum atomic E-state index is 0.522. The molecule has 1 aliphatic rings. The Balaban J connectivity index is 1.40. The van der Waals surface area contributed by atoms with E-state index < -0.39 is 0 Å². The van der Waals surface area contributed by atoms with Crippen molar-refractivity contribution < 1.29 is 4.74 Å². The molecule has 0 radical (unpaired) electrons. The molecule has 0 spiro atoms. The average molecular weight is 439 g/mol. The molecule has 0 saturated carbocycles. The lowest BCUT2D eigenvalue weighted by molar-refractivity contribution is 0.0354. The summed E-state index contributed by atoms with van der Waals surface area (Å²) in [6.07, 6.45) is 7.20. The highest BCUT2D eigenvalue weighted by Crippen LogP contribution is 2.23. The molecule has 32 heavy (non-hydrogen) atoms. The van der Waals surface area contributed by atoms with Crippen molar-refractivity contribution in [3.63, 3.8) is 0 Å². The Morgan fingerprint density at radius 2 is 1.91 bits per heavy atom. The molecule has 11 heteroatoms. The fraction of sp³-hybridized carbons (Fsp3) is 0.524. The lowest BCUT2D eigenvalue weighted by Crippen LogP contribution is -2.38. The van der Waals surface area contributed by atoms with Crippen LogP contribution < -0.4 is 10.6 Å². The standard InChI is InChI=1S/C21H30N10O/c1-2-6-23-19-18(16-25-21(26-19)24-9-5-17-3-7-22-8-4-17)20-27-29-31(28-20)11-10-30-12-14-32-15-13-30/h3-4,7-8,16H,2,5-6,9-15H2,1H3,(H2,23,24,25,26). The molecule has 0 bridgehead atoms. The fourth-order valence-electron chi connectivity index (χ4n) is 3.38. The quantitative estimate of drug-likeness (QED) is 0.454. The Labute approximate surface area is 187 Å². The lowest BCUT2D eigenvalue weighted by Gasteiger charge is -2.25. The molecule has 0 amide bonds. The van der Waals surface area contributed by atoms with E-state index in [1.807, 2.05) is 12.1 Å². The number of tetrazole rings is 1. The molecule has 0 unspecified atom stereocenters. The van der Waals surface area contributed by atoms with Crippen LogP contribution in [0.15, 0.2) is 30.7 Å². The van der Waals surface area contributed by atoms with Crippen LogP contribution in [0.4, 0.5) is 11.8 Å². The fourth-order valence-corrected chi connectivity index (χ4v) is 3.38. The Kier molecular flexibility index (Phi) is 7.88. The number of aromatic nitrogens is 7. The number of pyridine rings is 1. The summed E-state index contributed by atoms with van der Waals surface area (Å²) in [6, 6.07) is 4.02. The van der Waals surface area contributed by atoms with Gasteiger partial charge in [0.25, 0.3) is 0 Å². The van der Waals surface area contributed by atoms with Gasteiger partial charge in [0.15, 0.2) is 0 Å². The maximum Gasteiger partial charge on any atom is 0.224 e. The molecule has 4 rings (SSSR count). The summed E-state index contributed by atoms with van der Waals surface area (Å²) in [5, 5.41) is 19.7. The summed E-state index contributed by atoms with van der Waals surface area (Å²) in [7, 11) is 0. The van der Waals surface area contributed by atoms with E-state index >= 15 is 0 Å². The van der Waals surface area contributed by atoms with Gasteiger partial charge in [-0.2, -0.15) is 9.78 Å². The van der Waals surface area contributed by atoms with Crippen LogP contribution in [-0.4, -0.2) is 86.0 Å². The molecule has 0 atom stereocenters. The van der Waals surface area contributed by atoms with Gasteiger partial charge in [-0.3, -0.25) is 9.88 Å². The van der Waals surface area contributed by atoms with Gasteiger partial charge < -0.3 is 15.4 Å². The van der Waals surface area contributed by atoms with Gasteiger partial charge in [0.2, 0.25) is 11.8 Å². The summed E-state index contributed by atoms with van der Waals surface area (Å²) >= 11 is 0. The van der Waals surface area contributed by atoms with E-state index in [0.29, 0.717) is 24.1 Å². The molecule has 4 heterocycles. The van der Waals surface area contributed by atoms with Crippen LogP contribution in [-0.2, 0) is 17.7 Å². The smallest absolute Gasteiger partial charge is 0.224 e. The van der Waals surface area contributed by atoms with Gasteiger partial charge in [0.05, 0.1) is 25.3 Å². The van der Waals surface area contributed by atoms with E-state index in [1.54, 1.807) is 23.4 Å². The van der Waals surface area contributed by atoms with Crippen LogP contribution in [0, 0.1) is 0 Å². The number of nitrogens with one attached hydrogen (secondary N) is 2. The van der Waals surface area contributed by atoms with Gasteiger partial charge in [0, 0.05) is 51.3 Å². The number of anilines is 2. The van der Waals surface area contributed by atoms with Crippen molar-refractivity contribution in [2.75, 3.05) is 56.6 Å². The van der Waals surface area contributed by atoms with Crippen LogP contribution in [0.25, 0.3) is 11.4 Å². The van der Waals surface area contributed by atoms with Crippen molar-refractivity contribution in [3.8, 4) is 11.4 Å². The first-order valence-corrected chi connectivity index (χ1v) is 11.1. The van der Waals surface area contributed by atoms with Crippen LogP contribution in [0.2, 0.25) is 0 Å². The third-order valence-electron chi connectivity index (χ3n) is 5.19. The van der Waals surface area contributed by atoms with Gasteiger partial charge in [-0.1, -0.05) is 6.92 Å². The topological polar surface area (TPSA) is 119 Å². The second kappa shape index (κ2) is 11.4. The number of ether oxygens (including phenoxy) is 1. The third kappa shape index (κ3) is 6.17. The maximum atomic E-state index is 5.40. The molecule has 11 nitrogen and oxygen atoms in total. The van der Waals surface area contributed by atoms with Crippen molar-refractivity contribution in [1.82, 2.24) is 40.1 Å². The van der Waals surface area contributed by atoms with E-state index in [0.717, 1.165) is 64.3 Å². The molecule has 1 fully saturated rings. The average Bonchev–Trinajstić information content (AvgIpc) is 3.32. The number of rotatable bonds is 11. The molecule has 1 aliphatic heterocycles. The van der Waals surface area contributed by atoms with E-state index in [9.17, 15) is 0 Å². The highest BCUT2D eigenvalue weighted by molar-refractivity contribution is 5.69. The predicted molar refractivity (Wildman–Crippen MR) is 121 cm³/mol. The summed E-state index contributed by atoms with van der Waals surface area (Å²) in [5.74, 6) is 1.80. The Bertz CT molecular complexity index is 958. The van der Waals surface area contributed by atoms with E-state index in [1.165, 1.54) is 5.56 Å². The minimum Gasteiger partial charge on any atom is -0.379 e. The molecule has 3 aromatic heterocycles. The van der Waals surface area contributed by atoms with Crippen LogP contribution in [0.5, 0.6) is 0 Å². The zero-order valence-electron chi connectivity index (χ0n) is 18.4. The number of hydrogen-bond donors (Lipinski definition) is 2. The summed E-state index contributed by atoms with van der Waals surface area (Å²) in [4.78, 5) is 17.2. The Morgan fingerprint density at radius 3 is 2.72 bits per heavy atom. The highest BCUT2D eigenvalue weighted by atomic mass is 16.5. The van der Waals surface area contributed by atoms with Crippen LogP contribution in [0.3, 0.4) is 0 Å². The Morgan fingerprint density at radius 1 is 1.06 bits per heavy atom. The predicted octanol–water partition coefficient (Wildman–Crippen LogP) is 1.33. The Hall–Kier alpha value is -3.18. The monoisotopic (exact) mass is 438 g/mol. The summed E-state index contributed by atoms with van der Waals surface area (Å²) < 4.78 is 5.40. The summed E-state index contributed by atoms with van der Waals surface area (Å²) in [5.41, 5.74) is 1.96. The molecular formula is C21H30N10O. The lowest BCUT2D eigenvalue weighted by atomic mass is 10.2. The second-order valence-electron chi connectivity index (χ2n) is 7.58. The van der Waals surface area contributed by atoms with Crippen LogP contribution >= 0.6 is 0 Å². The first kappa shape index (κ1) is 22.0. The van der Waals surface area contributed by atoms with Crippen molar-refractivity contribution >= 4 is 11.8 Å². The highest BCUT2D eigenvalue weighted by Gasteiger charge is 2.15. The van der Waals surface area contributed by atoms with E-state index in [2.05, 4.69) is 52.8 Å². The van der Waals surface area contributed by atoms with Gasteiger partial charge in [0.1, 0.15) is 5.82 Å². The number of hydrogen-bond acceptors (Lipinski definition) is 10. The number of morpholine rings is 1. The summed E-state index contributed by atoms with van der Waals surface area (Å²) in [6.45, 7) is 8.63. The van der Waals surface area contributed by atoms with Gasteiger partial charge in [-0.15, -0.1) is 10.2 Å². The molecular weight excluding hydrogens is 408 g/mol. The molecule has 0 aliphatic carbocycles. The normalized spacial score (nSPS) is 14.4. The van der Waals surface area contributed by atoms with Gasteiger partial charge >= 0.3 is 0 Å². The van der Waals surface area contributed by atoms with Crippen molar-refractivity contribution in [1.29, 1.82) is 0 Å². The molecule has 2 N–H and O–H groups in total. The minimum absolute atomic E-state index is 0.522. The zero-order chi connectivity index (χ0) is 22.0. The van der Waals surface area contributed by atoms with E-state index in [4.69, 9.17) is 4.74 Å². The van der Waals surface area contributed by atoms with Crippen molar-refractivity contribution in [2.24, 2.45) is 0 Å². The molecule has 0 aromatic carbocycles. The van der Waals surface area contributed by atoms with Gasteiger partial charge in [-0.05, 0) is 35.8 Å². The molecule has 170 valence electrons. The SMILES string of the molecule is CCCNc1nc(NCCc2ccncc2)ncc1-c1nnn(CCN2CCOCC2)n1. The molecule has 1 saturated heterocycles. The van der Waals surface area contributed by atoms with Crippen molar-refractivity contribution in [2.45, 2.75) is 26.3 Å². The molecule has 3 aromatic rings. The first-order chi connectivity index (χ1) is 15.8. The van der Waals surface area contributed by atoms with Crippen LogP contribution in [0.1, 0.15) is 18.9 Å². The van der Waals surface area contributed by atoms with Crippen molar-refractivity contribution in [3.05, 3.63) is 36.3 Å². The van der Waals surface area contributed by atoms with E-state index in [-0.39, 0.29) is 0 Å².